The number of hydrogen-bond acceptors (Lipinski definition) is 5. The van der Waals surface area contributed by atoms with Gasteiger partial charge in [0.1, 0.15) is 0 Å². The molecule has 1 saturated heterocycles. The van der Waals surface area contributed by atoms with Gasteiger partial charge in [0.15, 0.2) is 0 Å². The van der Waals surface area contributed by atoms with E-state index in [-0.39, 0.29) is 24.8 Å². The predicted molar refractivity (Wildman–Crippen MR) is 78.6 cm³/mol. The zero-order valence-electron chi connectivity index (χ0n) is 10.4. The van der Waals surface area contributed by atoms with Crippen molar-refractivity contribution in [3.8, 4) is 0 Å². The molecule has 1 fully saturated rings. The molecule has 0 amide bonds. The molecule has 0 saturated carbocycles. The summed E-state index contributed by atoms with van der Waals surface area (Å²) in [6.45, 7) is 10.6. The lowest BCUT2D eigenvalue weighted by Crippen LogP contribution is -2.46. The summed E-state index contributed by atoms with van der Waals surface area (Å²) in [5, 5.41) is 10.0. The number of nitrogens with zero attached hydrogens (tertiary/aromatic N) is 1. The lowest BCUT2D eigenvalue weighted by atomic mass is 10.3. The zero-order valence-corrected chi connectivity index (χ0v) is 12.0. The summed E-state index contributed by atoms with van der Waals surface area (Å²) in [6.07, 6.45) is 0. The van der Waals surface area contributed by atoms with Gasteiger partial charge in [-0.2, -0.15) is 0 Å². The Bertz CT molecular complexity index is 145. The van der Waals surface area contributed by atoms with E-state index in [1.54, 1.807) is 0 Å². The second-order valence-electron chi connectivity index (χ2n) is 3.88. The number of piperazine rings is 1. The van der Waals surface area contributed by atoms with Crippen molar-refractivity contribution in [2.75, 3.05) is 65.4 Å². The van der Waals surface area contributed by atoms with Crippen LogP contribution in [0.3, 0.4) is 0 Å². The van der Waals surface area contributed by atoms with E-state index in [0.717, 1.165) is 45.8 Å². The van der Waals surface area contributed by atoms with Gasteiger partial charge in [0.2, 0.25) is 0 Å². The Labute approximate surface area is 117 Å². The first kappa shape index (κ1) is 19.7. The van der Waals surface area contributed by atoms with Crippen LogP contribution >= 0.6 is 24.8 Å². The van der Waals surface area contributed by atoms with E-state index in [9.17, 15) is 0 Å². The molecule has 1 aliphatic rings. The van der Waals surface area contributed by atoms with Gasteiger partial charge >= 0.3 is 0 Å². The van der Waals surface area contributed by atoms with Gasteiger partial charge in [-0.3, -0.25) is 4.90 Å². The Balaban J connectivity index is 0. The maximum atomic E-state index is 5.37. The normalized spacial score (nSPS) is 16.1. The molecule has 5 nitrogen and oxygen atoms in total. The van der Waals surface area contributed by atoms with Crippen LogP contribution in [0.2, 0.25) is 0 Å². The molecule has 106 valence electrons. The first-order valence-corrected chi connectivity index (χ1v) is 5.98. The van der Waals surface area contributed by atoms with Crippen LogP contribution in [0.4, 0.5) is 0 Å². The quantitative estimate of drug-likeness (QED) is 0.426. The number of hydrogen-bond donors (Lipinski definition) is 4. The molecule has 1 aliphatic heterocycles. The summed E-state index contributed by atoms with van der Waals surface area (Å²) >= 11 is 0. The molecule has 0 unspecified atom stereocenters. The molecule has 0 atom stereocenters. The van der Waals surface area contributed by atoms with Crippen molar-refractivity contribution in [2.45, 2.75) is 0 Å². The molecule has 0 aromatic rings. The number of nitrogens with two attached hydrogens (primary N) is 1. The zero-order chi connectivity index (χ0) is 10.8. The van der Waals surface area contributed by atoms with Crippen LogP contribution in [-0.2, 0) is 0 Å². The second-order valence-corrected chi connectivity index (χ2v) is 3.88. The fourth-order valence-corrected chi connectivity index (χ4v) is 1.70. The maximum Gasteiger partial charge on any atom is 0.0108 e. The van der Waals surface area contributed by atoms with E-state index in [2.05, 4.69) is 20.9 Å². The number of halogens is 2. The molecule has 7 heteroatoms. The lowest BCUT2D eigenvalue weighted by Gasteiger charge is -2.27. The molecule has 1 heterocycles. The van der Waals surface area contributed by atoms with E-state index in [1.807, 2.05) is 0 Å². The second kappa shape index (κ2) is 14.4. The summed E-state index contributed by atoms with van der Waals surface area (Å²) in [4.78, 5) is 2.50. The maximum absolute atomic E-state index is 5.37. The van der Waals surface area contributed by atoms with Crippen LogP contribution in [0.25, 0.3) is 0 Å². The van der Waals surface area contributed by atoms with Crippen LogP contribution in [-0.4, -0.2) is 70.3 Å². The van der Waals surface area contributed by atoms with E-state index in [1.165, 1.54) is 19.6 Å². The molecule has 0 bridgehead atoms. The minimum atomic E-state index is 0. The lowest BCUT2D eigenvalue weighted by molar-refractivity contribution is 0.241. The van der Waals surface area contributed by atoms with Crippen molar-refractivity contribution in [1.29, 1.82) is 0 Å². The molecular weight excluding hydrogens is 261 g/mol. The SMILES string of the molecule is Cl.Cl.NCCNCCNCCN1CCNCC1. The van der Waals surface area contributed by atoms with Crippen molar-refractivity contribution in [3.63, 3.8) is 0 Å². The third-order valence-corrected chi connectivity index (χ3v) is 2.61. The monoisotopic (exact) mass is 287 g/mol. The Kier molecular flexibility index (Phi) is 16.7. The highest BCUT2D eigenvalue weighted by Gasteiger charge is 2.07. The van der Waals surface area contributed by atoms with Gasteiger partial charge in [-0.15, -0.1) is 24.8 Å². The number of rotatable bonds is 8. The van der Waals surface area contributed by atoms with Gasteiger partial charge in [-0.1, -0.05) is 0 Å². The molecule has 0 spiro atoms. The standard InChI is InChI=1S/C10H25N5.2ClH/c11-1-2-12-3-4-13-5-8-15-9-6-14-7-10-15;;/h12-14H,1-11H2;2*1H. The average molecular weight is 288 g/mol. The summed E-state index contributed by atoms with van der Waals surface area (Å²) in [5.41, 5.74) is 5.37. The Morgan fingerprint density at radius 2 is 1.53 bits per heavy atom. The first-order chi connectivity index (χ1) is 7.43. The average Bonchev–Trinajstić information content (AvgIpc) is 2.29. The minimum Gasteiger partial charge on any atom is -0.329 e. The highest BCUT2D eigenvalue weighted by atomic mass is 35.5. The molecule has 17 heavy (non-hydrogen) atoms. The van der Waals surface area contributed by atoms with Crippen LogP contribution in [0.5, 0.6) is 0 Å². The molecule has 0 aliphatic carbocycles. The van der Waals surface area contributed by atoms with E-state index in [4.69, 9.17) is 5.73 Å². The van der Waals surface area contributed by atoms with Gasteiger partial charge in [0.05, 0.1) is 0 Å². The largest absolute Gasteiger partial charge is 0.329 e. The van der Waals surface area contributed by atoms with Gasteiger partial charge in [-0.25, -0.2) is 0 Å². The minimum absolute atomic E-state index is 0. The molecule has 1 rings (SSSR count). The van der Waals surface area contributed by atoms with Gasteiger partial charge in [0.25, 0.3) is 0 Å². The molecular formula is C10H27Cl2N5. The number of nitrogens with one attached hydrogen (secondary N) is 3. The van der Waals surface area contributed by atoms with Crippen molar-refractivity contribution in [3.05, 3.63) is 0 Å². The summed E-state index contributed by atoms with van der Waals surface area (Å²) < 4.78 is 0. The van der Waals surface area contributed by atoms with Crippen molar-refractivity contribution < 1.29 is 0 Å². The van der Waals surface area contributed by atoms with Gasteiger partial charge in [-0.05, 0) is 0 Å². The Hall–Kier alpha value is 0.380. The third kappa shape index (κ3) is 11.2. The van der Waals surface area contributed by atoms with Crippen molar-refractivity contribution in [2.24, 2.45) is 5.73 Å². The summed E-state index contributed by atoms with van der Waals surface area (Å²) in [6, 6.07) is 0. The first-order valence-electron chi connectivity index (χ1n) is 5.98. The summed E-state index contributed by atoms with van der Waals surface area (Å²) in [5.74, 6) is 0. The van der Waals surface area contributed by atoms with Crippen molar-refractivity contribution in [1.82, 2.24) is 20.9 Å². The smallest absolute Gasteiger partial charge is 0.0108 e. The van der Waals surface area contributed by atoms with E-state index >= 15 is 0 Å². The van der Waals surface area contributed by atoms with Crippen LogP contribution in [0, 0.1) is 0 Å². The molecule has 5 N–H and O–H groups in total. The van der Waals surface area contributed by atoms with Crippen molar-refractivity contribution >= 4 is 24.8 Å². The molecule has 0 aromatic heterocycles. The topological polar surface area (TPSA) is 65.3 Å². The highest BCUT2D eigenvalue weighted by molar-refractivity contribution is 5.85. The Morgan fingerprint density at radius 1 is 0.941 bits per heavy atom. The van der Waals surface area contributed by atoms with Gasteiger partial charge in [0, 0.05) is 65.4 Å². The fourth-order valence-electron chi connectivity index (χ4n) is 1.70. The van der Waals surface area contributed by atoms with Gasteiger partial charge < -0.3 is 21.7 Å². The third-order valence-electron chi connectivity index (χ3n) is 2.61. The Morgan fingerprint density at radius 3 is 2.12 bits per heavy atom. The van der Waals surface area contributed by atoms with Crippen LogP contribution in [0.1, 0.15) is 0 Å². The predicted octanol–water partition coefficient (Wildman–Crippen LogP) is -1.13. The fraction of sp³-hybridized carbons (Fsp3) is 1.00. The van der Waals surface area contributed by atoms with E-state index < -0.39 is 0 Å². The molecule has 0 aromatic carbocycles. The van der Waals surface area contributed by atoms with E-state index in [0.29, 0.717) is 0 Å². The summed E-state index contributed by atoms with van der Waals surface area (Å²) in [7, 11) is 0. The highest BCUT2D eigenvalue weighted by Crippen LogP contribution is 1.89. The van der Waals surface area contributed by atoms with Crippen LogP contribution < -0.4 is 21.7 Å². The van der Waals surface area contributed by atoms with Crippen LogP contribution in [0.15, 0.2) is 0 Å². The molecule has 0 radical (unpaired) electrons.